The molecule has 2 N–H and O–H groups in total. The molecular formula is C20H24N6O2. The molecule has 0 aliphatic carbocycles. The molecule has 2 aliphatic rings. The maximum absolute atomic E-state index is 12.3. The lowest BCUT2D eigenvalue weighted by Gasteiger charge is -2.37. The highest BCUT2D eigenvalue weighted by Gasteiger charge is 2.41. The standard InChI is InChI=1S/C20H24N6O2/c1-13-11-26(12-15(13)19(20(22)27)25-6-8-28-9-7-25)16-3-2-14(10-21)17-18(16)24-5-4-23-17/h2-5,13,15,19H,6-9,11-12H2,1H3,(H2,22,27)/t13-,15-,19?/m0/s1. The Morgan fingerprint density at radius 3 is 2.64 bits per heavy atom. The summed E-state index contributed by atoms with van der Waals surface area (Å²) >= 11 is 0. The molecule has 1 unspecified atom stereocenters. The Hall–Kier alpha value is -2.76. The van der Waals surface area contributed by atoms with Crippen LogP contribution in [0.3, 0.4) is 0 Å². The highest BCUT2D eigenvalue weighted by Crippen LogP contribution is 2.35. The molecule has 2 aromatic rings. The Morgan fingerprint density at radius 1 is 1.25 bits per heavy atom. The van der Waals surface area contributed by atoms with Crippen LogP contribution < -0.4 is 10.6 Å². The van der Waals surface area contributed by atoms with Crippen molar-refractivity contribution >= 4 is 22.6 Å². The fourth-order valence-electron chi connectivity index (χ4n) is 4.51. The van der Waals surface area contributed by atoms with E-state index in [-0.39, 0.29) is 17.9 Å². The summed E-state index contributed by atoms with van der Waals surface area (Å²) in [4.78, 5) is 25.6. The van der Waals surface area contributed by atoms with Crippen LogP contribution in [-0.4, -0.2) is 66.2 Å². The third kappa shape index (κ3) is 3.28. The molecule has 3 atom stereocenters. The van der Waals surface area contributed by atoms with E-state index in [4.69, 9.17) is 10.5 Å². The van der Waals surface area contributed by atoms with Gasteiger partial charge in [0.15, 0.2) is 0 Å². The van der Waals surface area contributed by atoms with Crippen LogP contribution in [-0.2, 0) is 9.53 Å². The zero-order valence-corrected chi connectivity index (χ0v) is 15.9. The summed E-state index contributed by atoms with van der Waals surface area (Å²) in [5.74, 6) is 0.144. The first-order chi connectivity index (χ1) is 13.6. The molecule has 0 bridgehead atoms. The Labute approximate surface area is 163 Å². The number of aromatic nitrogens is 2. The first-order valence-electron chi connectivity index (χ1n) is 9.60. The number of rotatable bonds is 4. The van der Waals surface area contributed by atoms with E-state index in [0.717, 1.165) is 30.8 Å². The van der Waals surface area contributed by atoms with E-state index in [2.05, 4.69) is 32.8 Å². The third-order valence-corrected chi connectivity index (χ3v) is 5.87. The number of nitrogens with zero attached hydrogens (tertiary/aromatic N) is 5. The molecule has 2 aliphatic heterocycles. The van der Waals surface area contributed by atoms with Crippen molar-refractivity contribution in [3.05, 3.63) is 30.1 Å². The Morgan fingerprint density at radius 2 is 1.96 bits per heavy atom. The number of carbonyl (C=O) groups is 1. The van der Waals surface area contributed by atoms with Crippen molar-refractivity contribution in [2.24, 2.45) is 17.6 Å². The van der Waals surface area contributed by atoms with Crippen molar-refractivity contribution in [2.75, 3.05) is 44.3 Å². The number of benzene rings is 1. The summed E-state index contributed by atoms with van der Waals surface area (Å²) in [5, 5.41) is 9.36. The van der Waals surface area contributed by atoms with Gasteiger partial charge in [0.2, 0.25) is 5.91 Å². The van der Waals surface area contributed by atoms with Gasteiger partial charge in [0.1, 0.15) is 17.1 Å². The molecule has 1 aromatic carbocycles. The van der Waals surface area contributed by atoms with Gasteiger partial charge in [-0.3, -0.25) is 19.7 Å². The Bertz CT molecular complexity index is 921. The van der Waals surface area contributed by atoms with Crippen LogP contribution in [0, 0.1) is 23.2 Å². The SMILES string of the molecule is C[C@H]1CN(c2ccc(C#N)c3nccnc23)C[C@@H]1C(C(N)=O)N1CCOCC1. The molecular weight excluding hydrogens is 356 g/mol. The molecule has 28 heavy (non-hydrogen) atoms. The van der Waals surface area contributed by atoms with Crippen LogP contribution in [0.25, 0.3) is 11.0 Å². The number of hydrogen-bond acceptors (Lipinski definition) is 7. The van der Waals surface area contributed by atoms with Gasteiger partial charge in [-0.2, -0.15) is 5.26 Å². The quantitative estimate of drug-likeness (QED) is 0.834. The minimum absolute atomic E-state index is 0.123. The van der Waals surface area contributed by atoms with Gasteiger partial charge in [0.25, 0.3) is 0 Å². The lowest BCUT2D eigenvalue weighted by molar-refractivity contribution is -0.127. The van der Waals surface area contributed by atoms with Crippen molar-refractivity contribution in [2.45, 2.75) is 13.0 Å². The highest BCUT2D eigenvalue weighted by molar-refractivity contribution is 5.92. The Kier molecular flexibility index (Phi) is 5.11. The second-order valence-electron chi connectivity index (χ2n) is 7.54. The monoisotopic (exact) mass is 380 g/mol. The van der Waals surface area contributed by atoms with Crippen LogP contribution in [0.2, 0.25) is 0 Å². The van der Waals surface area contributed by atoms with Crippen LogP contribution in [0.15, 0.2) is 24.5 Å². The minimum atomic E-state index is -0.306. The number of ether oxygens (including phenoxy) is 1. The molecule has 8 heteroatoms. The number of primary amides is 1. The number of morpholine rings is 1. The van der Waals surface area contributed by atoms with Crippen LogP contribution in [0.1, 0.15) is 12.5 Å². The molecule has 4 rings (SSSR count). The van der Waals surface area contributed by atoms with E-state index in [1.165, 1.54) is 0 Å². The Balaban J connectivity index is 1.65. The van der Waals surface area contributed by atoms with Crippen LogP contribution in [0.5, 0.6) is 0 Å². The molecule has 0 radical (unpaired) electrons. The molecule has 1 aromatic heterocycles. The molecule has 1 amide bonds. The van der Waals surface area contributed by atoms with Crippen LogP contribution >= 0.6 is 0 Å². The predicted octanol–water partition coefficient (Wildman–Crippen LogP) is 0.760. The fourth-order valence-corrected chi connectivity index (χ4v) is 4.51. The number of anilines is 1. The normalized spacial score (nSPS) is 24.2. The summed E-state index contributed by atoms with van der Waals surface area (Å²) in [6.45, 7) is 6.39. The van der Waals surface area contributed by atoms with E-state index in [1.807, 2.05) is 6.07 Å². The molecule has 2 fully saturated rings. The second-order valence-corrected chi connectivity index (χ2v) is 7.54. The van der Waals surface area contributed by atoms with E-state index < -0.39 is 0 Å². The van der Waals surface area contributed by atoms with E-state index >= 15 is 0 Å². The van der Waals surface area contributed by atoms with Gasteiger partial charge in [-0.1, -0.05) is 6.92 Å². The average Bonchev–Trinajstić information content (AvgIpc) is 3.08. The van der Waals surface area contributed by atoms with Gasteiger partial charge < -0.3 is 15.4 Å². The van der Waals surface area contributed by atoms with Gasteiger partial charge in [-0.25, -0.2) is 0 Å². The van der Waals surface area contributed by atoms with Gasteiger partial charge in [0, 0.05) is 44.5 Å². The molecule has 0 saturated carbocycles. The van der Waals surface area contributed by atoms with Crippen molar-refractivity contribution in [1.82, 2.24) is 14.9 Å². The number of nitrogens with two attached hydrogens (primary N) is 1. The highest BCUT2D eigenvalue weighted by atomic mass is 16.5. The summed E-state index contributed by atoms with van der Waals surface area (Å²) in [5.41, 5.74) is 8.61. The summed E-state index contributed by atoms with van der Waals surface area (Å²) < 4.78 is 5.43. The topological polar surface area (TPSA) is 108 Å². The van der Waals surface area contributed by atoms with E-state index in [9.17, 15) is 10.1 Å². The molecule has 146 valence electrons. The van der Waals surface area contributed by atoms with E-state index in [1.54, 1.807) is 18.5 Å². The van der Waals surface area contributed by atoms with Crippen molar-refractivity contribution in [3.8, 4) is 6.07 Å². The number of carbonyl (C=O) groups excluding carboxylic acids is 1. The van der Waals surface area contributed by atoms with Gasteiger partial charge in [-0.05, 0) is 18.1 Å². The predicted molar refractivity (Wildman–Crippen MR) is 104 cm³/mol. The zero-order chi connectivity index (χ0) is 19.7. The first-order valence-corrected chi connectivity index (χ1v) is 9.60. The molecule has 8 nitrogen and oxygen atoms in total. The summed E-state index contributed by atoms with van der Waals surface area (Å²) in [6.07, 6.45) is 3.24. The summed E-state index contributed by atoms with van der Waals surface area (Å²) in [7, 11) is 0. The largest absolute Gasteiger partial charge is 0.379 e. The minimum Gasteiger partial charge on any atom is -0.379 e. The second kappa shape index (κ2) is 7.70. The smallest absolute Gasteiger partial charge is 0.235 e. The van der Waals surface area contributed by atoms with Gasteiger partial charge in [-0.15, -0.1) is 0 Å². The fraction of sp³-hybridized carbons (Fsp3) is 0.500. The van der Waals surface area contributed by atoms with Crippen molar-refractivity contribution in [1.29, 1.82) is 5.26 Å². The van der Waals surface area contributed by atoms with Crippen molar-refractivity contribution in [3.63, 3.8) is 0 Å². The lowest BCUT2D eigenvalue weighted by atomic mass is 9.88. The number of hydrogen-bond donors (Lipinski definition) is 1. The number of amides is 1. The maximum atomic E-state index is 12.3. The number of nitriles is 1. The third-order valence-electron chi connectivity index (χ3n) is 5.87. The molecule has 0 spiro atoms. The van der Waals surface area contributed by atoms with E-state index in [0.29, 0.717) is 36.8 Å². The molecule has 3 heterocycles. The van der Waals surface area contributed by atoms with Gasteiger partial charge >= 0.3 is 0 Å². The lowest BCUT2D eigenvalue weighted by Crippen LogP contribution is -2.54. The first kappa shape index (κ1) is 18.6. The zero-order valence-electron chi connectivity index (χ0n) is 15.9. The molecule has 2 saturated heterocycles. The summed E-state index contributed by atoms with van der Waals surface area (Å²) in [6, 6.07) is 5.59. The average molecular weight is 380 g/mol. The van der Waals surface area contributed by atoms with Gasteiger partial charge in [0.05, 0.1) is 30.5 Å². The van der Waals surface area contributed by atoms with Crippen molar-refractivity contribution < 1.29 is 9.53 Å². The maximum Gasteiger partial charge on any atom is 0.235 e. The van der Waals surface area contributed by atoms with Crippen LogP contribution in [0.4, 0.5) is 5.69 Å². The number of fused-ring (bicyclic) bond motifs is 1.